The summed E-state index contributed by atoms with van der Waals surface area (Å²) in [4.78, 5) is 0. The van der Waals surface area contributed by atoms with Gasteiger partial charge in [0, 0.05) is 5.02 Å². The van der Waals surface area contributed by atoms with Crippen LogP contribution in [0.15, 0.2) is 18.2 Å². The van der Waals surface area contributed by atoms with Gasteiger partial charge in [-0.25, -0.2) is 0 Å². The molecule has 3 N–H and O–H groups in total. The van der Waals surface area contributed by atoms with E-state index in [1.165, 1.54) is 0 Å². The lowest BCUT2D eigenvalue weighted by Crippen LogP contribution is -2.23. The van der Waals surface area contributed by atoms with Crippen LogP contribution in [0.5, 0.6) is 5.75 Å². The predicted molar refractivity (Wildman–Crippen MR) is 56.6 cm³/mol. The minimum absolute atomic E-state index is 0.464. The van der Waals surface area contributed by atoms with Gasteiger partial charge in [0.25, 0.3) is 0 Å². The smallest absolute Gasteiger partial charge is 0.120 e. The molecule has 0 heterocycles. The third-order valence-electron chi connectivity index (χ3n) is 2.09. The van der Waals surface area contributed by atoms with Crippen molar-refractivity contribution in [3.63, 3.8) is 0 Å². The van der Waals surface area contributed by atoms with E-state index in [9.17, 15) is 5.11 Å². The standard InChI is InChI=1S/C10H14ClNO2/c1-6(13)10(12)8-4-3-7(14-2)5-9(8)11/h3-6,10,13H,12H2,1-2H3/t6-,10-/m1/s1. The van der Waals surface area contributed by atoms with E-state index in [2.05, 4.69) is 0 Å². The van der Waals surface area contributed by atoms with E-state index >= 15 is 0 Å². The summed E-state index contributed by atoms with van der Waals surface area (Å²) in [5.41, 5.74) is 6.48. The number of hydrogen-bond acceptors (Lipinski definition) is 3. The Bertz CT molecular complexity index is 315. The Morgan fingerprint density at radius 1 is 1.50 bits per heavy atom. The van der Waals surface area contributed by atoms with Crippen LogP contribution in [0.4, 0.5) is 0 Å². The normalized spacial score (nSPS) is 14.9. The number of halogens is 1. The van der Waals surface area contributed by atoms with E-state index in [4.69, 9.17) is 22.1 Å². The first-order valence-corrected chi connectivity index (χ1v) is 4.71. The van der Waals surface area contributed by atoms with Crippen LogP contribution in [0.1, 0.15) is 18.5 Å². The van der Waals surface area contributed by atoms with Gasteiger partial charge in [-0.15, -0.1) is 0 Å². The molecule has 0 aliphatic heterocycles. The first-order valence-electron chi connectivity index (χ1n) is 4.33. The largest absolute Gasteiger partial charge is 0.497 e. The molecule has 14 heavy (non-hydrogen) atoms. The first-order chi connectivity index (χ1) is 6.56. The average molecular weight is 216 g/mol. The van der Waals surface area contributed by atoms with Gasteiger partial charge in [-0.3, -0.25) is 0 Å². The summed E-state index contributed by atoms with van der Waals surface area (Å²) < 4.78 is 5.00. The van der Waals surface area contributed by atoms with E-state index in [1.807, 2.05) is 0 Å². The van der Waals surface area contributed by atoms with Gasteiger partial charge in [0.05, 0.1) is 19.3 Å². The lowest BCUT2D eigenvalue weighted by Gasteiger charge is -2.16. The number of aliphatic hydroxyl groups is 1. The highest BCUT2D eigenvalue weighted by Gasteiger charge is 2.15. The molecule has 3 nitrogen and oxygen atoms in total. The summed E-state index contributed by atoms with van der Waals surface area (Å²) in [5, 5.41) is 9.82. The van der Waals surface area contributed by atoms with Crippen molar-refractivity contribution in [2.75, 3.05) is 7.11 Å². The summed E-state index contributed by atoms with van der Waals surface area (Å²) in [6.45, 7) is 1.63. The fraction of sp³-hybridized carbons (Fsp3) is 0.400. The second kappa shape index (κ2) is 4.64. The zero-order valence-corrected chi connectivity index (χ0v) is 8.95. The molecule has 0 amide bonds. The Labute approximate surface area is 88.4 Å². The fourth-order valence-electron chi connectivity index (χ4n) is 1.17. The summed E-state index contributed by atoms with van der Waals surface area (Å²) >= 11 is 5.98. The van der Waals surface area contributed by atoms with Crippen LogP contribution in [-0.2, 0) is 0 Å². The minimum Gasteiger partial charge on any atom is -0.497 e. The number of benzene rings is 1. The van der Waals surface area contributed by atoms with Crippen molar-refractivity contribution in [1.29, 1.82) is 0 Å². The lowest BCUT2D eigenvalue weighted by atomic mass is 10.0. The van der Waals surface area contributed by atoms with Gasteiger partial charge in [0.2, 0.25) is 0 Å². The third kappa shape index (κ3) is 2.38. The molecule has 0 spiro atoms. The molecule has 0 saturated heterocycles. The highest BCUT2D eigenvalue weighted by molar-refractivity contribution is 6.31. The van der Waals surface area contributed by atoms with Gasteiger partial charge in [-0.05, 0) is 24.6 Å². The van der Waals surface area contributed by atoms with Crippen molar-refractivity contribution in [1.82, 2.24) is 0 Å². The zero-order valence-electron chi connectivity index (χ0n) is 8.20. The van der Waals surface area contributed by atoms with Crippen molar-refractivity contribution in [3.05, 3.63) is 28.8 Å². The van der Waals surface area contributed by atoms with Crippen LogP contribution < -0.4 is 10.5 Å². The molecule has 2 atom stereocenters. The molecule has 0 radical (unpaired) electrons. The van der Waals surface area contributed by atoms with Crippen molar-refractivity contribution < 1.29 is 9.84 Å². The number of rotatable bonds is 3. The molecule has 1 aromatic rings. The second-order valence-corrected chi connectivity index (χ2v) is 3.56. The van der Waals surface area contributed by atoms with Gasteiger partial charge in [0.15, 0.2) is 0 Å². The quantitative estimate of drug-likeness (QED) is 0.808. The molecule has 4 heteroatoms. The fourth-order valence-corrected chi connectivity index (χ4v) is 1.46. The molecule has 1 rings (SSSR count). The van der Waals surface area contributed by atoms with Gasteiger partial charge < -0.3 is 15.6 Å². The van der Waals surface area contributed by atoms with Crippen LogP contribution in [-0.4, -0.2) is 18.3 Å². The summed E-state index contributed by atoms with van der Waals surface area (Å²) in [5.74, 6) is 0.677. The topological polar surface area (TPSA) is 55.5 Å². The molecule has 0 fully saturated rings. The molecular weight excluding hydrogens is 202 g/mol. The molecular formula is C10H14ClNO2. The average Bonchev–Trinajstić information content (AvgIpc) is 2.16. The van der Waals surface area contributed by atoms with E-state index in [0.717, 1.165) is 5.56 Å². The van der Waals surface area contributed by atoms with Crippen LogP contribution in [0.2, 0.25) is 5.02 Å². The Morgan fingerprint density at radius 2 is 2.14 bits per heavy atom. The SMILES string of the molecule is COc1ccc([C@H](N)[C@@H](C)O)c(Cl)c1. The van der Waals surface area contributed by atoms with Gasteiger partial charge in [-0.1, -0.05) is 17.7 Å². The first kappa shape index (κ1) is 11.3. The van der Waals surface area contributed by atoms with E-state index in [0.29, 0.717) is 10.8 Å². The van der Waals surface area contributed by atoms with Gasteiger partial charge >= 0.3 is 0 Å². The van der Waals surface area contributed by atoms with Gasteiger partial charge in [0.1, 0.15) is 5.75 Å². The molecule has 0 bridgehead atoms. The number of ether oxygens (including phenoxy) is 1. The summed E-state index contributed by atoms with van der Waals surface area (Å²) in [7, 11) is 1.57. The Morgan fingerprint density at radius 3 is 2.57 bits per heavy atom. The Hall–Kier alpha value is -0.770. The van der Waals surface area contributed by atoms with E-state index in [1.54, 1.807) is 32.2 Å². The third-order valence-corrected chi connectivity index (χ3v) is 2.41. The van der Waals surface area contributed by atoms with Crippen molar-refractivity contribution >= 4 is 11.6 Å². The highest BCUT2D eigenvalue weighted by atomic mass is 35.5. The van der Waals surface area contributed by atoms with E-state index < -0.39 is 12.1 Å². The number of nitrogens with two attached hydrogens (primary N) is 1. The lowest BCUT2D eigenvalue weighted by molar-refractivity contribution is 0.164. The highest BCUT2D eigenvalue weighted by Crippen LogP contribution is 2.27. The van der Waals surface area contributed by atoms with Gasteiger partial charge in [-0.2, -0.15) is 0 Å². The minimum atomic E-state index is -0.624. The maximum absolute atomic E-state index is 9.31. The van der Waals surface area contributed by atoms with Crippen molar-refractivity contribution in [2.45, 2.75) is 19.1 Å². The molecule has 0 unspecified atom stereocenters. The van der Waals surface area contributed by atoms with Crippen LogP contribution in [0.3, 0.4) is 0 Å². The monoisotopic (exact) mass is 215 g/mol. The maximum Gasteiger partial charge on any atom is 0.120 e. The van der Waals surface area contributed by atoms with Crippen molar-refractivity contribution in [2.24, 2.45) is 5.73 Å². The van der Waals surface area contributed by atoms with Crippen molar-refractivity contribution in [3.8, 4) is 5.75 Å². The molecule has 1 aromatic carbocycles. The number of hydrogen-bond donors (Lipinski definition) is 2. The maximum atomic E-state index is 9.31. The molecule has 0 aliphatic carbocycles. The number of aliphatic hydroxyl groups excluding tert-OH is 1. The van der Waals surface area contributed by atoms with Crippen LogP contribution in [0.25, 0.3) is 0 Å². The Balaban J connectivity index is 2.99. The summed E-state index contributed by atoms with van der Waals surface area (Å²) in [6, 6.07) is 4.75. The van der Waals surface area contributed by atoms with Crippen LogP contribution >= 0.6 is 11.6 Å². The summed E-state index contributed by atoms with van der Waals surface area (Å²) in [6.07, 6.45) is -0.624. The van der Waals surface area contributed by atoms with E-state index in [-0.39, 0.29) is 0 Å². The molecule has 0 aliphatic rings. The second-order valence-electron chi connectivity index (χ2n) is 3.15. The zero-order chi connectivity index (χ0) is 10.7. The number of methoxy groups -OCH3 is 1. The molecule has 0 saturated carbocycles. The Kier molecular flexibility index (Phi) is 3.75. The predicted octanol–water partition coefficient (Wildman–Crippen LogP) is 1.73. The molecule has 78 valence electrons. The van der Waals surface area contributed by atoms with Crippen LogP contribution in [0, 0.1) is 0 Å². The molecule has 0 aromatic heterocycles.